The highest BCUT2D eigenvalue weighted by Gasteiger charge is 2.33. The highest BCUT2D eigenvalue weighted by molar-refractivity contribution is 7.12. The number of hydrogen-bond acceptors (Lipinski definition) is 5. The van der Waals surface area contributed by atoms with Gasteiger partial charge in [0.15, 0.2) is 17.3 Å². The average Bonchev–Trinajstić information content (AvgIpc) is 3.27. The molecule has 120 valence electrons. The van der Waals surface area contributed by atoms with Gasteiger partial charge in [0, 0.05) is 17.5 Å². The lowest BCUT2D eigenvalue weighted by Crippen LogP contribution is -2.15. The Morgan fingerprint density at radius 3 is 2.43 bits per heavy atom. The number of carbonyl (C=O) groups is 2. The van der Waals surface area contributed by atoms with Gasteiger partial charge >= 0.3 is 0 Å². The number of Topliss-reactive ketones (excluding diaryl/α,β-unsaturated/α-hetero) is 1. The van der Waals surface area contributed by atoms with Crippen LogP contribution in [0.15, 0.2) is 29.6 Å². The number of methoxy groups -OCH3 is 2. The quantitative estimate of drug-likeness (QED) is 0.821. The molecule has 0 radical (unpaired) electrons. The summed E-state index contributed by atoms with van der Waals surface area (Å²) in [4.78, 5) is 25.4. The van der Waals surface area contributed by atoms with E-state index in [-0.39, 0.29) is 17.6 Å². The lowest BCUT2D eigenvalue weighted by Gasteiger charge is -2.15. The molecule has 3 rings (SSSR count). The van der Waals surface area contributed by atoms with Crippen LogP contribution < -0.4 is 14.8 Å². The van der Waals surface area contributed by atoms with Gasteiger partial charge in [-0.15, -0.1) is 11.3 Å². The van der Waals surface area contributed by atoms with Crippen LogP contribution in [0.3, 0.4) is 0 Å². The molecule has 1 amide bonds. The van der Waals surface area contributed by atoms with Crippen molar-refractivity contribution in [2.45, 2.75) is 12.8 Å². The molecule has 1 aliphatic rings. The van der Waals surface area contributed by atoms with E-state index in [0.29, 0.717) is 27.6 Å². The lowest BCUT2D eigenvalue weighted by atomic mass is 10.0. The topological polar surface area (TPSA) is 64.6 Å². The summed E-state index contributed by atoms with van der Waals surface area (Å²) < 4.78 is 10.5. The molecule has 1 fully saturated rings. The van der Waals surface area contributed by atoms with E-state index in [1.807, 2.05) is 11.4 Å². The van der Waals surface area contributed by atoms with Gasteiger partial charge in [-0.25, -0.2) is 0 Å². The second kappa shape index (κ2) is 6.42. The van der Waals surface area contributed by atoms with Gasteiger partial charge < -0.3 is 14.8 Å². The molecule has 0 atom stereocenters. The zero-order valence-corrected chi connectivity index (χ0v) is 13.7. The van der Waals surface area contributed by atoms with Gasteiger partial charge in [-0.3, -0.25) is 9.59 Å². The number of carbonyl (C=O) groups excluding carboxylic acids is 2. The SMILES string of the molecule is COc1cc(NC(=O)c2cccs2)c(C(=O)C2CC2)cc1OC. The third kappa shape index (κ3) is 3.22. The summed E-state index contributed by atoms with van der Waals surface area (Å²) in [6, 6.07) is 6.83. The van der Waals surface area contributed by atoms with Crippen molar-refractivity contribution >= 4 is 28.7 Å². The van der Waals surface area contributed by atoms with Crippen molar-refractivity contribution in [3.63, 3.8) is 0 Å². The number of ketones is 1. The van der Waals surface area contributed by atoms with E-state index in [4.69, 9.17) is 9.47 Å². The average molecular weight is 331 g/mol. The minimum Gasteiger partial charge on any atom is -0.493 e. The molecule has 2 aromatic rings. The first kappa shape index (κ1) is 15.6. The van der Waals surface area contributed by atoms with Crippen molar-refractivity contribution in [1.82, 2.24) is 0 Å². The van der Waals surface area contributed by atoms with Crippen LogP contribution in [0.1, 0.15) is 32.9 Å². The fourth-order valence-corrected chi connectivity index (χ4v) is 2.96. The molecule has 6 heteroatoms. The van der Waals surface area contributed by atoms with Gasteiger partial charge in [0.2, 0.25) is 0 Å². The van der Waals surface area contributed by atoms with Crippen LogP contribution >= 0.6 is 11.3 Å². The Hall–Kier alpha value is -2.34. The molecular weight excluding hydrogens is 314 g/mol. The molecule has 0 unspecified atom stereocenters. The molecule has 0 spiro atoms. The first-order valence-corrected chi connectivity index (χ1v) is 8.17. The fraction of sp³-hybridized carbons (Fsp3) is 0.294. The summed E-state index contributed by atoms with van der Waals surface area (Å²) in [7, 11) is 3.04. The Labute approximate surface area is 138 Å². The van der Waals surface area contributed by atoms with Gasteiger partial charge in [-0.05, 0) is 30.4 Å². The number of anilines is 1. The number of ether oxygens (including phenoxy) is 2. The van der Waals surface area contributed by atoms with E-state index in [2.05, 4.69) is 5.32 Å². The number of amides is 1. The van der Waals surface area contributed by atoms with Crippen molar-refractivity contribution in [3.8, 4) is 11.5 Å². The van der Waals surface area contributed by atoms with Crippen molar-refractivity contribution in [3.05, 3.63) is 40.1 Å². The second-order valence-corrected chi connectivity index (χ2v) is 6.27. The smallest absolute Gasteiger partial charge is 0.265 e. The predicted octanol–water partition coefficient (Wildman–Crippen LogP) is 3.61. The molecule has 1 aromatic heterocycles. The zero-order chi connectivity index (χ0) is 16.4. The number of hydrogen-bond donors (Lipinski definition) is 1. The Bertz CT molecular complexity index is 735. The maximum Gasteiger partial charge on any atom is 0.265 e. The highest BCUT2D eigenvalue weighted by atomic mass is 32.1. The first-order chi connectivity index (χ1) is 11.1. The normalized spacial score (nSPS) is 13.5. The largest absolute Gasteiger partial charge is 0.493 e. The molecule has 1 N–H and O–H groups in total. The molecule has 0 aliphatic heterocycles. The van der Waals surface area contributed by atoms with Gasteiger partial charge in [0.05, 0.1) is 24.8 Å². The second-order valence-electron chi connectivity index (χ2n) is 5.32. The Morgan fingerprint density at radius 2 is 1.87 bits per heavy atom. The van der Waals surface area contributed by atoms with Gasteiger partial charge in [0.1, 0.15) is 0 Å². The van der Waals surface area contributed by atoms with Crippen LogP contribution in [0.5, 0.6) is 11.5 Å². The van der Waals surface area contributed by atoms with E-state index >= 15 is 0 Å². The van der Waals surface area contributed by atoms with Crippen LogP contribution in [0.25, 0.3) is 0 Å². The summed E-state index contributed by atoms with van der Waals surface area (Å²) in [6.07, 6.45) is 1.79. The highest BCUT2D eigenvalue weighted by Crippen LogP contribution is 2.39. The summed E-state index contributed by atoms with van der Waals surface area (Å²) >= 11 is 1.35. The minimum atomic E-state index is -0.239. The molecule has 23 heavy (non-hydrogen) atoms. The van der Waals surface area contributed by atoms with Crippen molar-refractivity contribution in [1.29, 1.82) is 0 Å². The van der Waals surface area contributed by atoms with Crippen LogP contribution in [-0.2, 0) is 0 Å². The van der Waals surface area contributed by atoms with Crippen molar-refractivity contribution < 1.29 is 19.1 Å². The van der Waals surface area contributed by atoms with Crippen LogP contribution in [-0.4, -0.2) is 25.9 Å². The van der Waals surface area contributed by atoms with E-state index in [1.54, 1.807) is 18.2 Å². The molecule has 1 aromatic carbocycles. The van der Waals surface area contributed by atoms with Gasteiger partial charge in [-0.1, -0.05) is 6.07 Å². The Morgan fingerprint density at radius 1 is 1.17 bits per heavy atom. The number of thiophene rings is 1. The van der Waals surface area contributed by atoms with Gasteiger partial charge in [0.25, 0.3) is 5.91 Å². The lowest BCUT2D eigenvalue weighted by molar-refractivity contribution is 0.0968. The van der Waals surface area contributed by atoms with Crippen LogP contribution in [0.4, 0.5) is 5.69 Å². The standard InChI is InChI=1S/C17H17NO4S/c1-21-13-8-11(16(19)10-5-6-10)12(9-14(13)22-2)18-17(20)15-4-3-7-23-15/h3-4,7-10H,5-6H2,1-2H3,(H,18,20). The summed E-state index contributed by atoms with van der Waals surface area (Å²) in [5.41, 5.74) is 0.924. The van der Waals surface area contributed by atoms with Crippen LogP contribution in [0, 0.1) is 5.92 Å². The molecular formula is C17H17NO4S. The molecule has 0 saturated heterocycles. The molecule has 1 heterocycles. The Balaban J connectivity index is 1.98. The minimum absolute atomic E-state index is 0.0347. The van der Waals surface area contributed by atoms with Crippen molar-refractivity contribution in [2.24, 2.45) is 5.92 Å². The third-order valence-corrected chi connectivity index (χ3v) is 4.60. The summed E-state index contributed by atoms with van der Waals surface area (Å²) in [6.45, 7) is 0. The zero-order valence-electron chi connectivity index (χ0n) is 12.9. The van der Waals surface area contributed by atoms with Gasteiger partial charge in [-0.2, -0.15) is 0 Å². The number of benzene rings is 1. The summed E-state index contributed by atoms with van der Waals surface area (Å²) in [5, 5.41) is 4.65. The molecule has 5 nitrogen and oxygen atoms in total. The van der Waals surface area contributed by atoms with E-state index in [0.717, 1.165) is 12.8 Å². The predicted molar refractivity (Wildman–Crippen MR) is 88.9 cm³/mol. The number of rotatable bonds is 6. The van der Waals surface area contributed by atoms with E-state index < -0.39 is 0 Å². The molecule has 0 bridgehead atoms. The van der Waals surface area contributed by atoms with Crippen molar-refractivity contribution in [2.75, 3.05) is 19.5 Å². The third-order valence-electron chi connectivity index (χ3n) is 3.73. The maximum atomic E-state index is 12.5. The van der Waals surface area contributed by atoms with E-state index in [9.17, 15) is 9.59 Å². The first-order valence-electron chi connectivity index (χ1n) is 7.29. The summed E-state index contributed by atoms with van der Waals surface area (Å²) in [5.74, 6) is 0.793. The van der Waals surface area contributed by atoms with E-state index in [1.165, 1.54) is 25.6 Å². The Kier molecular flexibility index (Phi) is 4.34. The fourth-order valence-electron chi connectivity index (χ4n) is 2.34. The monoisotopic (exact) mass is 331 g/mol. The maximum absolute atomic E-state index is 12.5. The number of nitrogens with one attached hydrogen (secondary N) is 1. The molecule has 1 aliphatic carbocycles. The van der Waals surface area contributed by atoms with Crippen LogP contribution in [0.2, 0.25) is 0 Å². The molecule has 1 saturated carbocycles.